The topological polar surface area (TPSA) is 81.3 Å². The van der Waals surface area contributed by atoms with Gasteiger partial charge in [0.1, 0.15) is 12.4 Å². The smallest absolute Gasteiger partial charge is 0.331 e. The number of Topliss-reactive ketones (excluding diaryl/α,β-unsaturated/α-hetero) is 1. The molecule has 1 N–H and O–H groups in total. The highest BCUT2D eigenvalue weighted by atomic mass is 16.5. The lowest BCUT2D eigenvalue weighted by Crippen LogP contribution is -2.12. The van der Waals surface area contributed by atoms with Crippen LogP contribution in [0.3, 0.4) is 0 Å². The maximum atomic E-state index is 12.1. The summed E-state index contributed by atoms with van der Waals surface area (Å²) >= 11 is 0. The second kappa shape index (κ2) is 9.50. The third kappa shape index (κ3) is 5.90. The van der Waals surface area contributed by atoms with Gasteiger partial charge in [-0.15, -0.1) is 0 Å². The number of esters is 1. The predicted molar refractivity (Wildman–Crippen MR) is 110 cm³/mol. The molecule has 0 aliphatic carbocycles. The molecular formula is C23H22N2O4. The Hall–Kier alpha value is -3.67. The van der Waals surface area contributed by atoms with Crippen molar-refractivity contribution >= 4 is 17.8 Å². The molecule has 148 valence electrons. The fourth-order valence-corrected chi connectivity index (χ4v) is 2.76. The van der Waals surface area contributed by atoms with Crippen LogP contribution in [0.4, 0.5) is 0 Å². The number of aromatic nitrogens is 2. The number of nitrogens with zero attached hydrogens (tertiary/aromatic N) is 1. The van der Waals surface area contributed by atoms with E-state index in [1.807, 2.05) is 56.3 Å². The number of benzene rings is 1. The Morgan fingerprint density at radius 3 is 2.55 bits per heavy atom. The van der Waals surface area contributed by atoms with E-state index in [4.69, 9.17) is 9.47 Å². The molecule has 0 saturated carbocycles. The molecule has 3 rings (SSSR count). The van der Waals surface area contributed by atoms with Crippen molar-refractivity contribution < 1.29 is 19.1 Å². The van der Waals surface area contributed by atoms with Gasteiger partial charge in [-0.25, -0.2) is 4.79 Å². The molecule has 2 aromatic heterocycles. The monoisotopic (exact) mass is 390 g/mol. The molecule has 0 bridgehead atoms. The van der Waals surface area contributed by atoms with Gasteiger partial charge in [0.15, 0.2) is 6.61 Å². The summed E-state index contributed by atoms with van der Waals surface area (Å²) in [6.45, 7) is 3.78. The van der Waals surface area contributed by atoms with Crippen LogP contribution in [0.25, 0.3) is 6.08 Å². The second-order valence-corrected chi connectivity index (χ2v) is 6.53. The highest BCUT2D eigenvalue weighted by Gasteiger charge is 2.13. The number of hydrogen-bond donors (Lipinski definition) is 1. The molecule has 0 aliphatic rings. The van der Waals surface area contributed by atoms with Crippen molar-refractivity contribution in [1.29, 1.82) is 0 Å². The van der Waals surface area contributed by atoms with E-state index in [9.17, 15) is 9.59 Å². The van der Waals surface area contributed by atoms with Crippen molar-refractivity contribution in [3.63, 3.8) is 0 Å². The molecule has 1 aromatic carbocycles. The lowest BCUT2D eigenvalue weighted by molar-refractivity contribution is -0.136. The average Bonchev–Trinajstić information content (AvgIpc) is 3.08. The molecule has 3 aromatic rings. The van der Waals surface area contributed by atoms with Crippen molar-refractivity contribution in [1.82, 2.24) is 9.97 Å². The van der Waals surface area contributed by atoms with Crippen LogP contribution in [-0.4, -0.2) is 28.3 Å². The van der Waals surface area contributed by atoms with Crippen LogP contribution in [0.5, 0.6) is 5.75 Å². The molecule has 0 saturated heterocycles. The Bertz CT molecular complexity index is 1010. The highest BCUT2D eigenvalue weighted by molar-refractivity contribution is 6.00. The first-order valence-corrected chi connectivity index (χ1v) is 9.18. The molecule has 0 amide bonds. The van der Waals surface area contributed by atoms with Crippen molar-refractivity contribution in [2.24, 2.45) is 0 Å². The minimum absolute atomic E-state index is 0.233. The molecule has 0 spiro atoms. The first-order valence-electron chi connectivity index (χ1n) is 9.18. The third-order valence-electron chi connectivity index (χ3n) is 4.20. The van der Waals surface area contributed by atoms with Crippen LogP contribution in [0.15, 0.2) is 60.8 Å². The molecule has 0 unspecified atom stereocenters. The Labute approximate surface area is 169 Å². The zero-order valence-electron chi connectivity index (χ0n) is 16.3. The summed E-state index contributed by atoms with van der Waals surface area (Å²) in [5.74, 6) is -0.0973. The van der Waals surface area contributed by atoms with E-state index in [0.29, 0.717) is 17.9 Å². The van der Waals surface area contributed by atoms with Crippen LogP contribution in [-0.2, 0) is 16.1 Å². The first-order chi connectivity index (χ1) is 14.0. The number of carbonyl (C=O) groups excluding carboxylic acids is 2. The van der Waals surface area contributed by atoms with Crippen molar-refractivity contribution in [3.05, 3.63) is 89.0 Å². The van der Waals surface area contributed by atoms with Gasteiger partial charge in [0.25, 0.3) is 0 Å². The predicted octanol–water partition coefficient (Wildman–Crippen LogP) is 4.04. The lowest BCUT2D eigenvalue weighted by Gasteiger charge is -2.05. The van der Waals surface area contributed by atoms with Gasteiger partial charge >= 0.3 is 5.97 Å². The van der Waals surface area contributed by atoms with Crippen LogP contribution < -0.4 is 4.74 Å². The zero-order chi connectivity index (χ0) is 20.6. The minimum atomic E-state index is -0.571. The molecule has 0 radical (unpaired) electrons. The quantitative estimate of drug-likeness (QED) is 0.357. The van der Waals surface area contributed by atoms with Gasteiger partial charge in [-0.1, -0.05) is 18.2 Å². The maximum Gasteiger partial charge on any atom is 0.331 e. The summed E-state index contributed by atoms with van der Waals surface area (Å²) in [6.07, 6.45) is 4.65. The Morgan fingerprint density at radius 1 is 1.10 bits per heavy atom. The molecule has 6 nitrogen and oxygen atoms in total. The maximum absolute atomic E-state index is 12.1. The number of H-pyrrole nitrogens is 1. The third-order valence-corrected chi connectivity index (χ3v) is 4.20. The van der Waals surface area contributed by atoms with E-state index in [1.54, 1.807) is 18.3 Å². The average molecular weight is 390 g/mol. The number of ether oxygens (including phenoxy) is 2. The number of pyridine rings is 1. The standard InChI is InChI=1S/C23H22N2O4/c1-16-13-21(17(2)25-16)22(26)15-29-23(27)11-8-18-6-9-20(10-7-18)28-14-19-5-3-4-12-24-19/h3-13,25H,14-15H2,1-2H3/b11-8+. The molecular weight excluding hydrogens is 368 g/mol. The second-order valence-electron chi connectivity index (χ2n) is 6.53. The molecule has 6 heteroatoms. The van der Waals surface area contributed by atoms with Crippen LogP contribution in [0.1, 0.15) is 33.0 Å². The normalized spacial score (nSPS) is 10.8. The van der Waals surface area contributed by atoms with Crippen molar-refractivity contribution in [2.75, 3.05) is 6.61 Å². The Kier molecular flexibility index (Phi) is 6.58. The van der Waals surface area contributed by atoms with Crippen molar-refractivity contribution in [3.8, 4) is 5.75 Å². The molecule has 29 heavy (non-hydrogen) atoms. The summed E-state index contributed by atoms with van der Waals surface area (Å²) in [5.41, 5.74) is 3.86. The van der Waals surface area contributed by atoms with Gasteiger partial charge in [0, 0.05) is 29.2 Å². The van der Waals surface area contributed by atoms with Crippen LogP contribution >= 0.6 is 0 Å². The van der Waals surface area contributed by atoms with Gasteiger partial charge in [0.05, 0.1) is 5.69 Å². The number of hydrogen-bond acceptors (Lipinski definition) is 5. The van der Waals surface area contributed by atoms with Crippen LogP contribution in [0.2, 0.25) is 0 Å². The van der Waals surface area contributed by atoms with E-state index in [0.717, 1.165) is 22.6 Å². The number of aromatic amines is 1. The molecule has 0 atom stereocenters. The summed E-state index contributed by atoms with van der Waals surface area (Å²) in [6, 6.07) is 14.7. The number of ketones is 1. The van der Waals surface area contributed by atoms with Gasteiger partial charge in [-0.2, -0.15) is 0 Å². The molecule has 0 fully saturated rings. The van der Waals surface area contributed by atoms with E-state index < -0.39 is 5.97 Å². The summed E-state index contributed by atoms with van der Waals surface area (Å²) < 4.78 is 10.7. The fraction of sp³-hybridized carbons (Fsp3) is 0.174. The summed E-state index contributed by atoms with van der Waals surface area (Å²) in [5, 5.41) is 0. The SMILES string of the molecule is Cc1cc(C(=O)COC(=O)/C=C/c2ccc(OCc3ccccn3)cc2)c(C)[nH]1. The Balaban J connectivity index is 1.47. The van der Waals surface area contributed by atoms with Gasteiger partial charge in [0.2, 0.25) is 5.78 Å². The Morgan fingerprint density at radius 2 is 1.90 bits per heavy atom. The van der Waals surface area contributed by atoms with Crippen LogP contribution in [0, 0.1) is 13.8 Å². The number of nitrogens with one attached hydrogen (secondary N) is 1. The van der Waals surface area contributed by atoms with Crippen molar-refractivity contribution in [2.45, 2.75) is 20.5 Å². The summed E-state index contributed by atoms with van der Waals surface area (Å²) in [4.78, 5) is 31.2. The molecule has 0 aliphatic heterocycles. The first kappa shape index (κ1) is 20.1. The lowest BCUT2D eigenvalue weighted by atomic mass is 10.1. The van der Waals surface area contributed by atoms with E-state index in [2.05, 4.69) is 9.97 Å². The largest absolute Gasteiger partial charge is 0.487 e. The van der Waals surface area contributed by atoms with Gasteiger partial charge in [-0.05, 0) is 55.8 Å². The number of carbonyl (C=O) groups is 2. The molecule has 2 heterocycles. The van der Waals surface area contributed by atoms with E-state index >= 15 is 0 Å². The summed E-state index contributed by atoms with van der Waals surface area (Å²) in [7, 11) is 0. The van der Waals surface area contributed by atoms with Gasteiger partial charge < -0.3 is 14.5 Å². The van der Waals surface area contributed by atoms with Gasteiger partial charge in [-0.3, -0.25) is 9.78 Å². The number of rotatable bonds is 8. The number of aryl methyl sites for hydroxylation is 2. The van der Waals surface area contributed by atoms with E-state index in [-0.39, 0.29) is 12.4 Å². The van der Waals surface area contributed by atoms with E-state index in [1.165, 1.54) is 6.08 Å². The zero-order valence-corrected chi connectivity index (χ0v) is 16.3. The minimum Gasteiger partial charge on any atom is -0.487 e. The highest BCUT2D eigenvalue weighted by Crippen LogP contribution is 2.15. The fourth-order valence-electron chi connectivity index (χ4n) is 2.76.